The summed E-state index contributed by atoms with van der Waals surface area (Å²) in [5.74, 6) is 0.926. The molecule has 0 amide bonds. The zero-order valence-corrected chi connectivity index (χ0v) is 12.3. The molecule has 0 aromatic carbocycles. The van der Waals surface area contributed by atoms with Gasteiger partial charge < -0.3 is 10.2 Å². The van der Waals surface area contributed by atoms with Crippen LogP contribution in [0.4, 0.5) is 5.95 Å². The first-order valence-corrected chi connectivity index (χ1v) is 7.60. The summed E-state index contributed by atoms with van der Waals surface area (Å²) >= 11 is 0. The van der Waals surface area contributed by atoms with Crippen LogP contribution >= 0.6 is 0 Å². The van der Waals surface area contributed by atoms with E-state index in [4.69, 9.17) is 4.98 Å². The Bertz CT molecular complexity index is 384. The fraction of sp³-hybridized carbons (Fsp3) is 0.733. The maximum Gasteiger partial charge on any atom is 0.225 e. The van der Waals surface area contributed by atoms with Crippen molar-refractivity contribution in [3.05, 3.63) is 17.5 Å². The predicted octanol–water partition coefficient (Wildman–Crippen LogP) is 2.67. The molecule has 0 atom stereocenters. The normalized spacial score (nSPS) is 16.4. The molecular weight excluding hydrogens is 236 g/mol. The molecule has 0 saturated carbocycles. The maximum atomic E-state index is 4.72. The molecule has 0 bridgehead atoms. The fourth-order valence-electron chi connectivity index (χ4n) is 2.51. The summed E-state index contributed by atoms with van der Waals surface area (Å²) in [4.78, 5) is 11.7. The summed E-state index contributed by atoms with van der Waals surface area (Å²) in [6.07, 6.45) is 6.37. The van der Waals surface area contributed by atoms with E-state index in [1.54, 1.807) is 0 Å². The van der Waals surface area contributed by atoms with Crippen molar-refractivity contribution in [2.45, 2.75) is 52.5 Å². The molecule has 19 heavy (non-hydrogen) atoms. The molecule has 1 fully saturated rings. The van der Waals surface area contributed by atoms with Gasteiger partial charge in [-0.15, -0.1) is 0 Å². The van der Waals surface area contributed by atoms with E-state index in [2.05, 4.69) is 35.1 Å². The number of aromatic nitrogens is 2. The molecule has 1 aromatic heterocycles. The average Bonchev–Trinajstić information content (AvgIpc) is 2.67. The molecule has 0 aliphatic carbocycles. The van der Waals surface area contributed by atoms with Crippen LogP contribution in [0.3, 0.4) is 0 Å². The zero-order valence-electron chi connectivity index (χ0n) is 12.3. The van der Waals surface area contributed by atoms with Crippen molar-refractivity contribution in [2.75, 3.05) is 24.5 Å². The Kier molecular flexibility index (Phi) is 5.58. The van der Waals surface area contributed by atoms with Gasteiger partial charge >= 0.3 is 0 Å². The predicted molar refractivity (Wildman–Crippen MR) is 79.4 cm³/mol. The molecule has 106 valence electrons. The third kappa shape index (κ3) is 4.46. The summed E-state index contributed by atoms with van der Waals surface area (Å²) < 4.78 is 0. The molecule has 4 nitrogen and oxygen atoms in total. The van der Waals surface area contributed by atoms with Gasteiger partial charge in [-0.05, 0) is 38.8 Å². The quantitative estimate of drug-likeness (QED) is 0.828. The topological polar surface area (TPSA) is 41.1 Å². The van der Waals surface area contributed by atoms with Crippen LogP contribution in [0.2, 0.25) is 0 Å². The Morgan fingerprint density at radius 1 is 1.16 bits per heavy atom. The van der Waals surface area contributed by atoms with Gasteiger partial charge in [-0.3, -0.25) is 0 Å². The smallest absolute Gasteiger partial charge is 0.225 e. The molecule has 1 N–H and O–H groups in total. The van der Waals surface area contributed by atoms with Crippen LogP contribution in [0.25, 0.3) is 0 Å². The Labute approximate surface area is 116 Å². The third-order valence-electron chi connectivity index (χ3n) is 3.52. The second-order valence-electron chi connectivity index (χ2n) is 5.38. The van der Waals surface area contributed by atoms with Gasteiger partial charge in [0.15, 0.2) is 0 Å². The Morgan fingerprint density at radius 3 is 2.58 bits per heavy atom. The van der Waals surface area contributed by atoms with Gasteiger partial charge in [0.05, 0.1) is 5.69 Å². The first-order valence-electron chi connectivity index (χ1n) is 7.60. The molecule has 0 radical (unpaired) electrons. The molecular formula is C15H26N4. The van der Waals surface area contributed by atoms with E-state index >= 15 is 0 Å². The first-order chi connectivity index (χ1) is 9.29. The summed E-state index contributed by atoms with van der Waals surface area (Å²) in [5, 5.41) is 3.41. The van der Waals surface area contributed by atoms with Crippen molar-refractivity contribution in [1.29, 1.82) is 0 Å². The highest BCUT2D eigenvalue weighted by Gasteiger charge is 2.13. The highest BCUT2D eigenvalue weighted by atomic mass is 15.2. The number of nitrogens with zero attached hydrogens (tertiary/aromatic N) is 3. The van der Waals surface area contributed by atoms with Crippen LogP contribution in [0, 0.1) is 6.92 Å². The Morgan fingerprint density at radius 2 is 1.89 bits per heavy atom. The van der Waals surface area contributed by atoms with Crippen LogP contribution in [0.15, 0.2) is 6.07 Å². The molecule has 1 aliphatic heterocycles. The van der Waals surface area contributed by atoms with Gasteiger partial charge in [-0.25, -0.2) is 9.97 Å². The van der Waals surface area contributed by atoms with Gasteiger partial charge in [-0.2, -0.15) is 0 Å². The molecule has 4 heteroatoms. The minimum atomic E-state index is 0.845. The van der Waals surface area contributed by atoms with Crippen molar-refractivity contribution in [1.82, 2.24) is 15.3 Å². The van der Waals surface area contributed by atoms with Gasteiger partial charge in [0, 0.05) is 25.3 Å². The molecule has 0 spiro atoms. The van der Waals surface area contributed by atoms with E-state index in [0.29, 0.717) is 0 Å². The fourth-order valence-corrected chi connectivity index (χ4v) is 2.51. The molecule has 0 unspecified atom stereocenters. The summed E-state index contributed by atoms with van der Waals surface area (Å²) in [6, 6.07) is 2.09. The van der Waals surface area contributed by atoms with Crippen molar-refractivity contribution in [2.24, 2.45) is 0 Å². The number of hydrogen-bond acceptors (Lipinski definition) is 4. The Balaban J connectivity index is 2.06. The lowest BCUT2D eigenvalue weighted by molar-refractivity contribution is 0.658. The average molecular weight is 262 g/mol. The summed E-state index contributed by atoms with van der Waals surface area (Å²) in [5.41, 5.74) is 2.18. The van der Waals surface area contributed by atoms with Crippen molar-refractivity contribution < 1.29 is 0 Å². The lowest BCUT2D eigenvalue weighted by Gasteiger charge is -2.21. The molecule has 2 rings (SSSR count). The largest absolute Gasteiger partial charge is 0.341 e. The SMILES string of the molecule is CCCNCc1cc(C)nc(N2CCCCCC2)n1. The number of hydrogen-bond donors (Lipinski definition) is 1. The highest BCUT2D eigenvalue weighted by molar-refractivity contribution is 5.32. The van der Waals surface area contributed by atoms with E-state index < -0.39 is 0 Å². The minimum Gasteiger partial charge on any atom is -0.341 e. The maximum absolute atomic E-state index is 4.72. The number of rotatable bonds is 5. The van der Waals surface area contributed by atoms with E-state index in [1.807, 2.05) is 0 Å². The number of nitrogens with one attached hydrogen (secondary N) is 1. The lowest BCUT2D eigenvalue weighted by Crippen LogP contribution is -2.27. The Hall–Kier alpha value is -1.16. The van der Waals surface area contributed by atoms with E-state index in [1.165, 1.54) is 25.7 Å². The van der Waals surface area contributed by atoms with Gasteiger partial charge in [0.25, 0.3) is 0 Å². The van der Waals surface area contributed by atoms with Crippen LogP contribution in [0.1, 0.15) is 50.4 Å². The third-order valence-corrected chi connectivity index (χ3v) is 3.52. The number of anilines is 1. The minimum absolute atomic E-state index is 0.845. The standard InChI is InChI=1S/C15H26N4/c1-3-8-16-12-14-11-13(2)17-15(18-14)19-9-6-4-5-7-10-19/h11,16H,3-10,12H2,1-2H3. The molecule has 1 aliphatic rings. The van der Waals surface area contributed by atoms with Crippen molar-refractivity contribution in [3.63, 3.8) is 0 Å². The van der Waals surface area contributed by atoms with E-state index in [0.717, 1.165) is 49.9 Å². The van der Waals surface area contributed by atoms with E-state index in [9.17, 15) is 0 Å². The van der Waals surface area contributed by atoms with Crippen LogP contribution in [-0.2, 0) is 6.54 Å². The van der Waals surface area contributed by atoms with Crippen molar-refractivity contribution in [3.8, 4) is 0 Å². The summed E-state index contributed by atoms with van der Waals surface area (Å²) in [7, 11) is 0. The molecule has 1 saturated heterocycles. The van der Waals surface area contributed by atoms with Crippen LogP contribution < -0.4 is 10.2 Å². The van der Waals surface area contributed by atoms with Crippen molar-refractivity contribution >= 4 is 5.95 Å². The summed E-state index contributed by atoms with van der Waals surface area (Å²) in [6.45, 7) is 8.34. The second kappa shape index (κ2) is 7.43. The zero-order chi connectivity index (χ0) is 13.5. The van der Waals surface area contributed by atoms with E-state index in [-0.39, 0.29) is 0 Å². The second-order valence-corrected chi connectivity index (χ2v) is 5.38. The first kappa shape index (κ1) is 14.3. The lowest BCUT2D eigenvalue weighted by atomic mass is 10.2. The van der Waals surface area contributed by atoms with Crippen LogP contribution in [0.5, 0.6) is 0 Å². The molecule has 1 aromatic rings. The van der Waals surface area contributed by atoms with Gasteiger partial charge in [0.2, 0.25) is 5.95 Å². The highest BCUT2D eigenvalue weighted by Crippen LogP contribution is 2.16. The molecule has 2 heterocycles. The van der Waals surface area contributed by atoms with Gasteiger partial charge in [0.1, 0.15) is 0 Å². The monoisotopic (exact) mass is 262 g/mol. The van der Waals surface area contributed by atoms with Crippen LogP contribution in [-0.4, -0.2) is 29.6 Å². The van der Waals surface area contributed by atoms with Gasteiger partial charge in [-0.1, -0.05) is 19.8 Å². The number of aryl methyl sites for hydroxylation is 1.